The normalized spacial score (nSPS) is 28.7. The summed E-state index contributed by atoms with van der Waals surface area (Å²) in [5.41, 5.74) is 3.09. The van der Waals surface area contributed by atoms with Gasteiger partial charge in [-0.15, -0.1) is 11.3 Å². The van der Waals surface area contributed by atoms with Crippen LogP contribution in [-0.2, 0) is 11.3 Å². The Balaban J connectivity index is 1.50. The van der Waals surface area contributed by atoms with E-state index in [1.54, 1.807) is 11.3 Å². The predicted octanol–water partition coefficient (Wildman–Crippen LogP) is 2.54. The van der Waals surface area contributed by atoms with Crippen molar-refractivity contribution in [1.82, 2.24) is 20.0 Å². The summed E-state index contributed by atoms with van der Waals surface area (Å²) >= 11 is 1.75. The topological polar surface area (TPSA) is 64.3 Å². The van der Waals surface area contributed by atoms with Gasteiger partial charge in [-0.3, -0.25) is 4.90 Å². The first-order valence-electron chi connectivity index (χ1n) is 8.24. The van der Waals surface area contributed by atoms with Crippen LogP contribution in [0.4, 0.5) is 0 Å². The van der Waals surface area contributed by atoms with Crippen LogP contribution in [0.1, 0.15) is 41.0 Å². The van der Waals surface area contributed by atoms with E-state index in [4.69, 9.17) is 9.26 Å². The summed E-state index contributed by atoms with van der Waals surface area (Å²) in [6, 6.07) is 0. The molecule has 2 fully saturated rings. The van der Waals surface area contributed by atoms with Gasteiger partial charge < -0.3 is 9.26 Å². The minimum absolute atomic E-state index is 0.319. The molecule has 0 radical (unpaired) electrons. The van der Waals surface area contributed by atoms with Crippen molar-refractivity contribution in [3.8, 4) is 0 Å². The van der Waals surface area contributed by atoms with Gasteiger partial charge in [0.2, 0.25) is 5.89 Å². The maximum Gasteiger partial charge on any atom is 0.230 e. The predicted molar refractivity (Wildman–Crippen MR) is 86.4 cm³/mol. The quantitative estimate of drug-likeness (QED) is 0.859. The highest BCUT2D eigenvalue weighted by Gasteiger charge is 2.41. The maximum atomic E-state index is 6.02. The summed E-state index contributed by atoms with van der Waals surface area (Å²) in [6.45, 7) is 7.84. The fourth-order valence-corrected chi connectivity index (χ4v) is 4.60. The Morgan fingerprint density at radius 3 is 3.00 bits per heavy atom. The monoisotopic (exact) mass is 334 g/mol. The Morgan fingerprint density at radius 2 is 2.26 bits per heavy atom. The van der Waals surface area contributed by atoms with E-state index in [2.05, 4.69) is 26.9 Å². The van der Waals surface area contributed by atoms with E-state index in [-0.39, 0.29) is 0 Å². The number of likely N-dealkylation sites (tertiary alicyclic amines) is 1. The van der Waals surface area contributed by atoms with E-state index in [9.17, 15) is 0 Å². The van der Waals surface area contributed by atoms with Gasteiger partial charge in [0.25, 0.3) is 0 Å². The van der Waals surface area contributed by atoms with Crippen molar-refractivity contribution < 1.29 is 9.26 Å². The maximum absolute atomic E-state index is 6.02. The SMILES string of the molecule is Cc1noc([C@@H]2CCO[C@@H]3CCN(Cc4scnc4C)C[C@@H]32)n1. The second-order valence-electron chi connectivity index (χ2n) is 6.53. The molecule has 0 N–H and O–H groups in total. The highest BCUT2D eigenvalue weighted by Crippen LogP contribution is 2.39. The van der Waals surface area contributed by atoms with E-state index < -0.39 is 0 Å². The first-order chi connectivity index (χ1) is 11.2. The van der Waals surface area contributed by atoms with E-state index in [0.717, 1.165) is 56.5 Å². The zero-order chi connectivity index (χ0) is 15.8. The third-order valence-corrected chi connectivity index (χ3v) is 5.95. The molecular weight excluding hydrogens is 312 g/mol. The number of hydrogen-bond acceptors (Lipinski definition) is 7. The summed E-state index contributed by atoms with van der Waals surface area (Å²) in [5, 5.41) is 3.97. The molecule has 0 bridgehead atoms. The molecule has 6 nitrogen and oxygen atoms in total. The van der Waals surface area contributed by atoms with Gasteiger partial charge in [0.05, 0.1) is 17.3 Å². The highest BCUT2D eigenvalue weighted by atomic mass is 32.1. The molecule has 2 aromatic heterocycles. The van der Waals surface area contributed by atoms with Gasteiger partial charge in [0.1, 0.15) is 0 Å². The van der Waals surface area contributed by atoms with Crippen molar-refractivity contribution in [3.63, 3.8) is 0 Å². The summed E-state index contributed by atoms with van der Waals surface area (Å²) < 4.78 is 11.5. The van der Waals surface area contributed by atoms with Gasteiger partial charge in [-0.1, -0.05) is 5.16 Å². The van der Waals surface area contributed by atoms with Crippen molar-refractivity contribution in [2.24, 2.45) is 5.92 Å². The standard InChI is InChI=1S/C16H22N4O2S/c1-10-15(23-9-17-10)8-20-5-3-14-13(7-20)12(4-6-21-14)16-18-11(2)19-22-16/h9,12-14H,3-8H2,1-2H3/t12-,13-,14-/m1/s1. The molecule has 23 heavy (non-hydrogen) atoms. The molecule has 2 aliphatic heterocycles. The molecule has 3 atom stereocenters. The van der Waals surface area contributed by atoms with Crippen LogP contribution in [0.2, 0.25) is 0 Å². The Morgan fingerprint density at radius 1 is 1.35 bits per heavy atom. The molecule has 2 aliphatic rings. The molecule has 0 amide bonds. The van der Waals surface area contributed by atoms with Gasteiger partial charge >= 0.3 is 0 Å². The number of hydrogen-bond donors (Lipinski definition) is 0. The fourth-order valence-electron chi connectivity index (χ4n) is 3.78. The molecule has 0 spiro atoms. The van der Waals surface area contributed by atoms with Crippen LogP contribution in [0.3, 0.4) is 0 Å². The second-order valence-corrected chi connectivity index (χ2v) is 7.47. The molecule has 7 heteroatoms. The van der Waals surface area contributed by atoms with Gasteiger partial charge in [-0.25, -0.2) is 4.98 Å². The number of nitrogens with zero attached hydrogens (tertiary/aromatic N) is 4. The van der Waals surface area contributed by atoms with E-state index in [1.807, 2.05) is 12.4 Å². The van der Waals surface area contributed by atoms with Crippen LogP contribution in [0.5, 0.6) is 0 Å². The molecule has 0 unspecified atom stereocenters. The van der Waals surface area contributed by atoms with Crippen LogP contribution in [0.25, 0.3) is 0 Å². The molecule has 0 aromatic carbocycles. The lowest BCUT2D eigenvalue weighted by molar-refractivity contribution is -0.0824. The molecule has 4 heterocycles. The average Bonchev–Trinajstić information content (AvgIpc) is 3.16. The number of piperidine rings is 1. The second kappa shape index (κ2) is 6.30. The Labute approximate surface area is 139 Å². The Bertz CT molecular complexity index is 671. The fraction of sp³-hybridized carbons (Fsp3) is 0.688. The van der Waals surface area contributed by atoms with Crippen molar-refractivity contribution in [2.75, 3.05) is 19.7 Å². The molecule has 4 rings (SSSR count). The largest absolute Gasteiger partial charge is 0.378 e. The highest BCUT2D eigenvalue weighted by molar-refractivity contribution is 7.09. The van der Waals surface area contributed by atoms with Gasteiger partial charge in [0.15, 0.2) is 5.82 Å². The van der Waals surface area contributed by atoms with Gasteiger partial charge in [-0.05, 0) is 26.7 Å². The van der Waals surface area contributed by atoms with Crippen LogP contribution in [0, 0.1) is 19.8 Å². The lowest BCUT2D eigenvalue weighted by Crippen LogP contribution is -2.48. The van der Waals surface area contributed by atoms with E-state index >= 15 is 0 Å². The van der Waals surface area contributed by atoms with Crippen LogP contribution in [0.15, 0.2) is 10.0 Å². The molecule has 124 valence electrons. The van der Waals surface area contributed by atoms with Crippen molar-refractivity contribution >= 4 is 11.3 Å². The van der Waals surface area contributed by atoms with E-state index in [1.165, 1.54) is 4.88 Å². The zero-order valence-electron chi connectivity index (χ0n) is 13.6. The third-order valence-electron chi connectivity index (χ3n) is 5.03. The Kier molecular flexibility index (Phi) is 4.17. The minimum Gasteiger partial charge on any atom is -0.378 e. The number of ether oxygens (including phenoxy) is 1. The number of fused-ring (bicyclic) bond motifs is 1. The summed E-state index contributed by atoms with van der Waals surface area (Å²) in [6.07, 6.45) is 2.36. The first-order valence-corrected chi connectivity index (χ1v) is 9.12. The van der Waals surface area contributed by atoms with Crippen LogP contribution < -0.4 is 0 Å². The smallest absolute Gasteiger partial charge is 0.230 e. The van der Waals surface area contributed by atoms with E-state index in [0.29, 0.717) is 17.9 Å². The molecular formula is C16H22N4O2S. The van der Waals surface area contributed by atoms with Crippen molar-refractivity contribution in [1.29, 1.82) is 0 Å². The van der Waals surface area contributed by atoms with Gasteiger partial charge in [-0.2, -0.15) is 4.98 Å². The molecule has 2 saturated heterocycles. The summed E-state index contributed by atoms with van der Waals surface area (Å²) in [7, 11) is 0. The zero-order valence-corrected chi connectivity index (χ0v) is 14.4. The molecule has 2 aromatic rings. The third kappa shape index (κ3) is 3.05. The van der Waals surface area contributed by atoms with Crippen LogP contribution in [-0.4, -0.2) is 45.8 Å². The number of aryl methyl sites for hydroxylation is 2. The first kappa shape index (κ1) is 15.2. The summed E-state index contributed by atoms with van der Waals surface area (Å²) in [4.78, 5) is 12.7. The van der Waals surface area contributed by atoms with Crippen molar-refractivity contribution in [3.05, 3.63) is 27.8 Å². The van der Waals surface area contributed by atoms with Crippen LogP contribution >= 0.6 is 11.3 Å². The molecule has 0 saturated carbocycles. The minimum atomic E-state index is 0.319. The number of rotatable bonds is 3. The summed E-state index contributed by atoms with van der Waals surface area (Å²) in [5.74, 6) is 2.26. The van der Waals surface area contributed by atoms with Crippen molar-refractivity contribution in [2.45, 2.75) is 45.3 Å². The van der Waals surface area contributed by atoms with Gasteiger partial charge in [0, 0.05) is 43.0 Å². The number of thiazole rings is 1. The Hall–Kier alpha value is -1.31. The average molecular weight is 334 g/mol. The lowest BCUT2D eigenvalue weighted by atomic mass is 9.79. The molecule has 0 aliphatic carbocycles. The lowest BCUT2D eigenvalue weighted by Gasteiger charge is -2.44. The number of aromatic nitrogens is 3.